The SMILES string of the molecule is [CH2]CCNCC(CC)CCCC. The predicted molar refractivity (Wildman–Crippen MR) is 56.1 cm³/mol. The van der Waals surface area contributed by atoms with Crippen molar-refractivity contribution in [3.8, 4) is 0 Å². The third-order valence-corrected chi connectivity index (χ3v) is 2.33. The zero-order chi connectivity index (χ0) is 9.23. The van der Waals surface area contributed by atoms with Gasteiger partial charge in [0.2, 0.25) is 0 Å². The summed E-state index contributed by atoms with van der Waals surface area (Å²) >= 11 is 0. The molecule has 0 amide bonds. The highest BCUT2D eigenvalue weighted by atomic mass is 14.8. The molecule has 1 radical (unpaired) electrons. The summed E-state index contributed by atoms with van der Waals surface area (Å²) in [6, 6.07) is 0. The Kier molecular flexibility index (Phi) is 9.02. The molecule has 0 aliphatic carbocycles. The zero-order valence-corrected chi connectivity index (χ0v) is 8.73. The lowest BCUT2D eigenvalue weighted by atomic mass is 9.99. The average molecular weight is 170 g/mol. The van der Waals surface area contributed by atoms with Gasteiger partial charge in [0.25, 0.3) is 0 Å². The summed E-state index contributed by atoms with van der Waals surface area (Å²) in [5, 5.41) is 3.43. The molecule has 12 heavy (non-hydrogen) atoms. The molecule has 1 atom stereocenters. The van der Waals surface area contributed by atoms with E-state index in [1.807, 2.05) is 0 Å². The number of nitrogens with one attached hydrogen (secondary N) is 1. The van der Waals surface area contributed by atoms with Gasteiger partial charge in [-0.3, -0.25) is 0 Å². The second kappa shape index (κ2) is 9.05. The highest BCUT2D eigenvalue weighted by Gasteiger charge is 2.03. The zero-order valence-electron chi connectivity index (χ0n) is 8.73. The van der Waals surface area contributed by atoms with Crippen LogP contribution in [0, 0.1) is 12.8 Å². The average Bonchev–Trinajstić information content (AvgIpc) is 2.11. The van der Waals surface area contributed by atoms with E-state index < -0.39 is 0 Å². The van der Waals surface area contributed by atoms with Crippen LogP contribution in [0.3, 0.4) is 0 Å². The molecule has 0 saturated heterocycles. The van der Waals surface area contributed by atoms with E-state index in [4.69, 9.17) is 0 Å². The van der Waals surface area contributed by atoms with Crippen molar-refractivity contribution in [2.75, 3.05) is 13.1 Å². The maximum atomic E-state index is 3.81. The summed E-state index contributed by atoms with van der Waals surface area (Å²) < 4.78 is 0. The molecule has 1 N–H and O–H groups in total. The van der Waals surface area contributed by atoms with E-state index in [1.54, 1.807) is 0 Å². The molecule has 73 valence electrons. The van der Waals surface area contributed by atoms with Crippen LogP contribution >= 0.6 is 0 Å². The summed E-state index contributed by atoms with van der Waals surface area (Å²) in [4.78, 5) is 0. The van der Waals surface area contributed by atoms with Gasteiger partial charge in [-0.05, 0) is 31.8 Å². The molecule has 0 rings (SSSR count). The van der Waals surface area contributed by atoms with Crippen LogP contribution in [0.15, 0.2) is 0 Å². The minimum atomic E-state index is 0.886. The van der Waals surface area contributed by atoms with Crippen LogP contribution in [-0.4, -0.2) is 13.1 Å². The van der Waals surface area contributed by atoms with Crippen LogP contribution in [-0.2, 0) is 0 Å². The fraction of sp³-hybridized carbons (Fsp3) is 0.909. The Balaban J connectivity index is 3.26. The molecule has 0 spiro atoms. The standard InChI is InChI=1S/C11H24N/c1-4-7-8-11(6-3)10-12-9-5-2/h11-12H,2,4-10H2,1,3H3. The molecule has 1 nitrogen and oxygen atoms in total. The van der Waals surface area contributed by atoms with Crippen LogP contribution in [0.25, 0.3) is 0 Å². The third-order valence-electron chi connectivity index (χ3n) is 2.33. The molecule has 0 fully saturated rings. The second-order valence-corrected chi connectivity index (χ2v) is 3.47. The van der Waals surface area contributed by atoms with Crippen molar-refractivity contribution in [3.05, 3.63) is 6.92 Å². The van der Waals surface area contributed by atoms with Crippen molar-refractivity contribution in [2.24, 2.45) is 5.92 Å². The summed E-state index contributed by atoms with van der Waals surface area (Å²) in [5.74, 6) is 0.886. The minimum Gasteiger partial charge on any atom is -0.316 e. The summed E-state index contributed by atoms with van der Waals surface area (Å²) in [6.45, 7) is 10.6. The molecule has 0 heterocycles. The Morgan fingerprint density at radius 2 is 2.08 bits per heavy atom. The molecule has 0 aromatic heterocycles. The van der Waals surface area contributed by atoms with E-state index in [0.29, 0.717) is 0 Å². The molecule has 0 saturated carbocycles. The molecular formula is C11H24N. The first-order valence-electron chi connectivity index (χ1n) is 5.35. The van der Waals surface area contributed by atoms with E-state index in [9.17, 15) is 0 Å². The predicted octanol–water partition coefficient (Wildman–Crippen LogP) is 3.02. The first-order valence-corrected chi connectivity index (χ1v) is 5.35. The lowest BCUT2D eigenvalue weighted by molar-refractivity contribution is 0.422. The van der Waals surface area contributed by atoms with Crippen molar-refractivity contribution < 1.29 is 0 Å². The van der Waals surface area contributed by atoms with Gasteiger partial charge in [0.1, 0.15) is 0 Å². The van der Waals surface area contributed by atoms with E-state index in [-0.39, 0.29) is 0 Å². The highest BCUT2D eigenvalue weighted by molar-refractivity contribution is 4.60. The summed E-state index contributed by atoms with van der Waals surface area (Å²) in [7, 11) is 0. The lowest BCUT2D eigenvalue weighted by Crippen LogP contribution is -2.23. The number of hydrogen-bond acceptors (Lipinski definition) is 1. The first kappa shape index (κ1) is 12.0. The topological polar surface area (TPSA) is 12.0 Å². The number of rotatable bonds is 8. The van der Waals surface area contributed by atoms with Gasteiger partial charge in [-0.2, -0.15) is 0 Å². The largest absolute Gasteiger partial charge is 0.316 e. The van der Waals surface area contributed by atoms with Crippen LogP contribution in [0.5, 0.6) is 0 Å². The van der Waals surface area contributed by atoms with Crippen LogP contribution in [0.1, 0.15) is 46.0 Å². The molecule has 0 aromatic carbocycles. The Bertz CT molecular complexity index is 81.1. The molecule has 0 aliphatic rings. The van der Waals surface area contributed by atoms with Gasteiger partial charge >= 0.3 is 0 Å². The Morgan fingerprint density at radius 1 is 1.33 bits per heavy atom. The summed E-state index contributed by atoms with van der Waals surface area (Å²) in [6.07, 6.45) is 6.40. The van der Waals surface area contributed by atoms with Gasteiger partial charge in [0.15, 0.2) is 0 Å². The van der Waals surface area contributed by atoms with Gasteiger partial charge in [-0.25, -0.2) is 0 Å². The van der Waals surface area contributed by atoms with Gasteiger partial charge in [-0.15, -0.1) is 0 Å². The maximum absolute atomic E-state index is 3.81. The molecule has 0 aliphatic heterocycles. The maximum Gasteiger partial charge on any atom is -0.00206 e. The smallest absolute Gasteiger partial charge is 0.00206 e. The molecule has 1 heteroatoms. The molecule has 0 aromatic rings. The fourth-order valence-electron chi connectivity index (χ4n) is 1.37. The monoisotopic (exact) mass is 170 g/mol. The van der Waals surface area contributed by atoms with Crippen molar-refractivity contribution in [2.45, 2.75) is 46.0 Å². The van der Waals surface area contributed by atoms with Gasteiger partial charge < -0.3 is 5.32 Å². The Hall–Kier alpha value is -0.0400. The van der Waals surface area contributed by atoms with Crippen molar-refractivity contribution >= 4 is 0 Å². The number of hydrogen-bond donors (Lipinski definition) is 1. The Morgan fingerprint density at radius 3 is 2.58 bits per heavy atom. The van der Waals surface area contributed by atoms with Crippen LogP contribution in [0.4, 0.5) is 0 Å². The second-order valence-electron chi connectivity index (χ2n) is 3.47. The van der Waals surface area contributed by atoms with E-state index in [2.05, 4.69) is 26.1 Å². The van der Waals surface area contributed by atoms with Crippen molar-refractivity contribution in [1.29, 1.82) is 0 Å². The Labute approximate surface area is 77.9 Å². The van der Waals surface area contributed by atoms with Crippen molar-refractivity contribution in [3.63, 3.8) is 0 Å². The molecule has 0 bridgehead atoms. The highest BCUT2D eigenvalue weighted by Crippen LogP contribution is 2.10. The quantitative estimate of drug-likeness (QED) is 0.552. The lowest BCUT2D eigenvalue weighted by Gasteiger charge is -2.14. The van der Waals surface area contributed by atoms with Crippen LogP contribution in [0.2, 0.25) is 0 Å². The molecule has 1 unspecified atom stereocenters. The van der Waals surface area contributed by atoms with E-state index >= 15 is 0 Å². The minimum absolute atomic E-state index is 0.886. The fourth-order valence-corrected chi connectivity index (χ4v) is 1.37. The normalized spacial score (nSPS) is 13.2. The van der Waals surface area contributed by atoms with E-state index in [0.717, 1.165) is 18.9 Å². The van der Waals surface area contributed by atoms with Gasteiger partial charge in [0.05, 0.1) is 0 Å². The first-order chi connectivity index (χ1) is 5.85. The summed E-state index contributed by atoms with van der Waals surface area (Å²) in [5.41, 5.74) is 0. The van der Waals surface area contributed by atoms with Gasteiger partial charge in [-0.1, -0.05) is 40.0 Å². The third kappa shape index (κ3) is 6.66. The molecular weight excluding hydrogens is 146 g/mol. The van der Waals surface area contributed by atoms with Crippen LogP contribution < -0.4 is 5.32 Å². The van der Waals surface area contributed by atoms with Crippen molar-refractivity contribution in [1.82, 2.24) is 5.32 Å². The van der Waals surface area contributed by atoms with Gasteiger partial charge in [0, 0.05) is 0 Å². The number of unbranched alkanes of at least 4 members (excludes halogenated alkanes) is 1. The van der Waals surface area contributed by atoms with E-state index in [1.165, 1.54) is 32.2 Å².